The second-order valence-electron chi connectivity index (χ2n) is 20.4. The van der Waals surface area contributed by atoms with E-state index in [1.54, 1.807) is 0 Å². The van der Waals surface area contributed by atoms with Gasteiger partial charge in [0.05, 0.1) is 0 Å². The van der Waals surface area contributed by atoms with Crippen molar-refractivity contribution in [2.24, 2.45) is 0 Å². The average molecular weight is 827 g/mol. The zero-order chi connectivity index (χ0) is 42.3. The molecule has 63 heavy (non-hydrogen) atoms. The zero-order valence-corrected chi connectivity index (χ0v) is 37.7. The average Bonchev–Trinajstić information content (AvgIpc) is 3.80. The molecule has 1 spiro atoms. The molecule has 5 heterocycles. The van der Waals surface area contributed by atoms with Gasteiger partial charge in [0.15, 0.2) is 8.07 Å². The van der Waals surface area contributed by atoms with Crippen molar-refractivity contribution in [3.8, 4) is 22.3 Å². The summed E-state index contributed by atoms with van der Waals surface area (Å²) in [7, 11) is -2.77. The van der Waals surface area contributed by atoms with Gasteiger partial charge >= 0.3 is 6.85 Å². The molecule has 14 rings (SSSR count). The number of aryl methyl sites for hydroxylation is 2. The Bertz CT molecular complexity index is 3490. The van der Waals surface area contributed by atoms with Crippen molar-refractivity contribution in [2.45, 2.75) is 65.2 Å². The van der Waals surface area contributed by atoms with Crippen molar-refractivity contribution in [3.05, 3.63) is 174 Å². The minimum Gasteiger partial charge on any atom is -0.456 e. The predicted octanol–water partition coefficient (Wildman–Crippen LogP) is 10.9. The molecule has 5 heteroatoms. The lowest BCUT2D eigenvalue weighted by Crippen LogP contribution is -2.78. The number of benzene rings is 8. The van der Waals surface area contributed by atoms with E-state index in [1.165, 1.54) is 123 Å². The Morgan fingerprint density at radius 1 is 0.508 bits per heavy atom. The maximum atomic E-state index is 6.79. The first-order valence-electron chi connectivity index (χ1n) is 22.8. The fourth-order valence-electron chi connectivity index (χ4n) is 13.1. The standard InChI is InChI=1S/C58H47BN2OSi/c1-34-28-41-39-19-15-25-54-56(39)61(45-20-10-14-24-53(45)63(54)51-22-12-8-17-37(51)38-18-9-13-23-52(38)63)59-44-31-40-36-16-7-11-21-49(36)62-50(40)33-47(44)60(48(29-34)55(41)59)46-32-43-42(30-35(46)2)57(3,4)26-27-58(43,5)6/h7-25,28-33H,26-27H2,1-6H3. The van der Waals surface area contributed by atoms with Crippen LogP contribution in [0.2, 0.25) is 0 Å². The first-order valence-corrected chi connectivity index (χ1v) is 24.8. The lowest BCUT2D eigenvalue weighted by molar-refractivity contribution is 0.332. The molecular weight excluding hydrogens is 780 g/mol. The third kappa shape index (κ3) is 4.37. The van der Waals surface area contributed by atoms with Gasteiger partial charge in [0.1, 0.15) is 11.2 Å². The van der Waals surface area contributed by atoms with Gasteiger partial charge in [-0.25, -0.2) is 0 Å². The van der Waals surface area contributed by atoms with E-state index in [2.05, 4.69) is 203 Å². The highest BCUT2D eigenvalue weighted by Crippen LogP contribution is 2.53. The van der Waals surface area contributed by atoms with Crippen LogP contribution in [0.15, 0.2) is 156 Å². The maximum Gasteiger partial charge on any atom is 0.333 e. The Kier molecular flexibility index (Phi) is 6.80. The number of fused-ring (bicyclic) bond motifs is 17. The van der Waals surface area contributed by atoms with Crippen molar-refractivity contribution in [1.82, 2.24) is 0 Å². The smallest absolute Gasteiger partial charge is 0.333 e. The molecule has 3 nitrogen and oxygen atoms in total. The summed E-state index contributed by atoms with van der Waals surface area (Å²) < 4.78 is 6.79. The summed E-state index contributed by atoms with van der Waals surface area (Å²) in [5, 5.41) is 8.28. The minimum absolute atomic E-state index is 0.0628. The molecule has 0 fully saturated rings. The van der Waals surface area contributed by atoms with Crippen LogP contribution in [0.3, 0.4) is 0 Å². The molecule has 8 aromatic carbocycles. The predicted molar refractivity (Wildman–Crippen MR) is 268 cm³/mol. The van der Waals surface area contributed by atoms with Gasteiger partial charge in [-0.15, -0.1) is 0 Å². The van der Waals surface area contributed by atoms with Crippen molar-refractivity contribution in [2.75, 3.05) is 9.71 Å². The van der Waals surface area contributed by atoms with E-state index in [0.717, 1.165) is 16.6 Å². The topological polar surface area (TPSA) is 19.6 Å². The van der Waals surface area contributed by atoms with Crippen LogP contribution < -0.4 is 41.4 Å². The molecule has 1 aromatic heterocycles. The van der Waals surface area contributed by atoms with Crippen molar-refractivity contribution in [1.29, 1.82) is 0 Å². The Morgan fingerprint density at radius 2 is 1.14 bits per heavy atom. The second kappa shape index (κ2) is 11.9. The number of anilines is 5. The number of hydrogen-bond donors (Lipinski definition) is 0. The summed E-state index contributed by atoms with van der Waals surface area (Å²) in [4.78, 5) is 5.40. The monoisotopic (exact) mass is 826 g/mol. The van der Waals surface area contributed by atoms with Gasteiger partial charge in [0.25, 0.3) is 0 Å². The summed E-state index contributed by atoms with van der Waals surface area (Å²) in [5.41, 5.74) is 22.1. The normalized spacial score (nSPS) is 17.2. The number of furan rings is 1. The Labute approximate surface area is 370 Å². The van der Waals surface area contributed by atoms with Crippen molar-refractivity contribution >= 4 is 97.0 Å². The summed E-state index contributed by atoms with van der Waals surface area (Å²) in [6, 6.07) is 58.9. The van der Waals surface area contributed by atoms with E-state index in [-0.39, 0.29) is 17.7 Å². The molecule has 0 radical (unpaired) electrons. The third-order valence-corrected chi connectivity index (χ3v) is 21.0. The third-order valence-electron chi connectivity index (χ3n) is 16.0. The Balaban J connectivity index is 1.13. The molecule has 5 aliphatic rings. The highest BCUT2D eigenvalue weighted by atomic mass is 28.3. The molecule has 4 aliphatic heterocycles. The first kappa shape index (κ1) is 36.0. The second-order valence-corrected chi connectivity index (χ2v) is 24.0. The van der Waals surface area contributed by atoms with E-state index in [1.807, 2.05) is 0 Å². The first-order chi connectivity index (χ1) is 30.6. The fraction of sp³-hybridized carbons (Fsp3) is 0.172. The molecule has 0 saturated carbocycles. The van der Waals surface area contributed by atoms with Crippen LogP contribution in [0.5, 0.6) is 0 Å². The van der Waals surface area contributed by atoms with Gasteiger partial charge < -0.3 is 14.1 Å². The van der Waals surface area contributed by atoms with Gasteiger partial charge in [-0.2, -0.15) is 0 Å². The number of para-hydroxylation sites is 3. The van der Waals surface area contributed by atoms with Crippen LogP contribution in [-0.4, -0.2) is 14.9 Å². The van der Waals surface area contributed by atoms with E-state index in [9.17, 15) is 0 Å². The van der Waals surface area contributed by atoms with Crippen LogP contribution in [0.4, 0.5) is 28.4 Å². The number of hydrogen-bond acceptors (Lipinski definition) is 3. The van der Waals surface area contributed by atoms with Gasteiger partial charge in [-0.1, -0.05) is 149 Å². The van der Waals surface area contributed by atoms with E-state index >= 15 is 0 Å². The molecule has 0 saturated heterocycles. The van der Waals surface area contributed by atoms with Crippen LogP contribution in [-0.2, 0) is 10.8 Å². The minimum atomic E-state index is -2.77. The van der Waals surface area contributed by atoms with Crippen molar-refractivity contribution < 1.29 is 4.42 Å². The summed E-state index contributed by atoms with van der Waals surface area (Å²) in [6.45, 7) is 14.3. The highest BCUT2D eigenvalue weighted by Gasteiger charge is 2.57. The molecule has 0 atom stereocenters. The van der Waals surface area contributed by atoms with Gasteiger partial charge in [0.2, 0.25) is 0 Å². The lowest BCUT2D eigenvalue weighted by Gasteiger charge is -2.52. The van der Waals surface area contributed by atoms with Crippen LogP contribution >= 0.6 is 0 Å². The number of nitrogens with zero attached hydrogens (tertiary/aromatic N) is 2. The largest absolute Gasteiger partial charge is 0.456 e. The summed E-state index contributed by atoms with van der Waals surface area (Å²) in [6.07, 6.45) is 2.36. The highest BCUT2D eigenvalue weighted by molar-refractivity contribution is 7.24. The molecule has 0 N–H and O–H groups in total. The molecule has 0 unspecified atom stereocenters. The van der Waals surface area contributed by atoms with Crippen LogP contribution in [0.1, 0.15) is 62.8 Å². The lowest BCUT2D eigenvalue weighted by atomic mass is 9.43. The molecular formula is C58H47BN2OSi. The molecule has 1 aliphatic carbocycles. The maximum absolute atomic E-state index is 6.79. The van der Waals surface area contributed by atoms with Gasteiger partial charge in [0, 0.05) is 50.8 Å². The fourth-order valence-corrected chi connectivity index (χ4v) is 18.7. The molecule has 0 amide bonds. The van der Waals surface area contributed by atoms with Crippen LogP contribution in [0, 0.1) is 13.8 Å². The molecule has 302 valence electrons. The number of rotatable bonds is 1. The van der Waals surface area contributed by atoms with E-state index < -0.39 is 8.07 Å². The molecule has 9 aromatic rings. The quantitative estimate of drug-likeness (QED) is 0.154. The zero-order valence-electron chi connectivity index (χ0n) is 36.7. The van der Waals surface area contributed by atoms with E-state index in [0.29, 0.717) is 0 Å². The Morgan fingerprint density at radius 3 is 1.90 bits per heavy atom. The van der Waals surface area contributed by atoms with Crippen molar-refractivity contribution in [3.63, 3.8) is 0 Å². The molecule has 0 bridgehead atoms. The Hall–Kier alpha value is -6.56. The SMILES string of the molecule is Cc1cc2c3c(c1)N(c1cc4c(cc1C)C(C)(C)CCC4(C)C)c1cc4oc5ccccc5c4cc1B3N1c3ccccc3[Si]3(c4ccccc4-c4ccccc43)c3cccc-2c31. The summed E-state index contributed by atoms with van der Waals surface area (Å²) >= 11 is 0. The van der Waals surface area contributed by atoms with Gasteiger partial charge in [-0.3, -0.25) is 0 Å². The summed E-state index contributed by atoms with van der Waals surface area (Å²) in [5.74, 6) is 0. The van der Waals surface area contributed by atoms with Gasteiger partial charge in [-0.05, 0) is 132 Å². The van der Waals surface area contributed by atoms with E-state index in [4.69, 9.17) is 4.42 Å². The van der Waals surface area contributed by atoms with Crippen LogP contribution in [0.25, 0.3) is 44.2 Å².